The van der Waals surface area contributed by atoms with Crippen LogP contribution in [0.5, 0.6) is 0 Å². The van der Waals surface area contributed by atoms with Gasteiger partial charge in [-0.3, -0.25) is 4.79 Å². The number of amides is 3. The number of fused-ring (bicyclic) bond motifs is 1. The number of hydrogen-bond donors (Lipinski definition) is 0. The maximum atomic E-state index is 13.0. The second-order valence-corrected chi connectivity index (χ2v) is 9.18. The number of urea groups is 1. The second-order valence-electron chi connectivity index (χ2n) is 7.02. The van der Waals surface area contributed by atoms with Crippen LogP contribution in [0.2, 0.25) is 0 Å². The van der Waals surface area contributed by atoms with Crippen molar-refractivity contribution in [1.29, 1.82) is 0 Å². The monoisotopic (exact) mass is 381 g/mol. The normalized spacial score (nSPS) is 24.3. The number of carbonyl (C=O) groups excluding carboxylic acids is 2. The van der Waals surface area contributed by atoms with Gasteiger partial charge in [0.15, 0.2) is 9.84 Å². The first-order valence-electron chi connectivity index (χ1n) is 8.40. The zero-order valence-electron chi connectivity index (χ0n) is 15.3. The molecule has 1 aromatic heterocycles. The van der Waals surface area contributed by atoms with Crippen molar-refractivity contribution >= 4 is 21.8 Å². The number of aromatic nitrogens is 2. The Morgan fingerprint density at radius 1 is 1.08 bits per heavy atom. The highest BCUT2D eigenvalue weighted by Crippen LogP contribution is 2.28. The van der Waals surface area contributed by atoms with Crippen LogP contribution in [0, 0.1) is 13.8 Å². The summed E-state index contributed by atoms with van der Waals surface area (Å²) in [6.07, 6.45) is 0. The molecule has 3 amide bonds. The lowest BCUT2D eigenvalue weighted by atomic mass is 10.0. The van der Waals surface area contributed by atoms with Crippen LogP contribution in [0.25, 0.3) is 0 Å². The molecule has 142 valence electrons. The summed E-state index contributed by atoms with van der Waals surface area (Å²) in [6, 6.07) is 0.279. The predicted octanol–water partition coefficient (Wildman–Crippen LogP) is -0.302. The van der Waals surface area contributed by atoms with Crippen LogP contribution in [-0.2, 0) is 9.84 Å². The highest BCUT2D eigenvalue weighted by atomic mass is 32.2. The van der Waals surface area contributed by atoms with Crippen LogP contribution in [0.1, 0.15) is 22.0 Å². The average molecular weight is 381 g/mol. The van der Waals surface area contributed by atoms with Gasteiger partial charge in [-0.15, -0.1) is 0 Å². The van der Waals surface area contributed by atoms with Gasteiger partial charge < -0.3 is 14.7 Å². The first-order chi connectivity index (χ1) is 12.1. The van der Waals surface area contributed by atoms with Gasteiger partial charge in [0.2, 0.25) is 0 Å². The van der Waals surface area contributed by atoms with Crippen molar-refractivity contribution in [2.75, 3.05) is 38.7 Å². The van der Waals surface area contributed by atoms with Crippen molar-refractivity contribution in [3.8, 4) is 0 Å². The lowest BCUT2D eigenvalue weighted by Crippen LogP contribution is -2.63. The fraction of sp³-hybridized carbons (Fsp3) is 0.625. The number of carbonyl (C=O) groups is 2. The van der Waals surface area contributed by atoms with E-state index in [-0.39, 0.29) is 35.7 Å². The first kappa shape index (κ1) is 18.6. The van der Waals surface area contributed by atoms with Crippen molar-refractivity contribution in [3.05, 3.63) is 23.3 Å². The van der Waals surface area contributed by atoms with E-state index in [1.807, 2.05) is 0 Å². The number of piperazine rings is 1. The van der Waals surface area contributed by atoms with E-state index in [9.17, 15) is 18.0 Å². The molecule has 0 saturated carbocycles. The van der Waals surface area contributed by atoms with E-state index in [2.05, 4.69) is 9.97 Å². The molecule has 0 aromatic carbocycles. The Balaban J connectivity index is 1.93. The Labute approximate surface area is 152 Å². The van der Waals surface area contributed by atoms with Crippen molar-refractivity contribution in [2.45, 2.75) is 25.9 Å². The maximum Gasteiger partial charge on any atom is 0.319 e. The lowest BCUT2D eigenvalue weighted by molar-refractivity contribution is 0.0388. The van der Waals surface area contributed by atoms with Crippen molar-refractivity contribution in [2.24, 2.45) is 0 Å². The van der Waals surface area contributed by atoms with Crippen LogP contribution < -0.4 is 0 Å². The molecule has 0 N–H and O–H groups in total. The molecule has 0 spiro atoms. The van der Waals surface area contributed by atoms with Gasteiger partial charge >= 0.3 is 6.03 Å². The van der Waals surface area contributed by atoms with E-state index in [4.69, 9.17) is 0 Å². The quantitative estimate of drug-likeness (QED) is 0.661. The summed E-state index contributed by atoms with van der Waals surface area (Å²) in [6.45, 7) is 4.06. The summed E-state index contributed by atoms with van der Waals surface area (Å²) in [7, 11) is -0.0655. The van der Waals surface area contributed by atoms with Gasteiger partial charge in [0.25, 0.3) is 5.91 Å². The minimum absolute atomic E-state index is 0.122. The zero-order chi connectivity index (χ0) is 19.2. The van der Waals surface area contributed by atoms with Gasteiger partial charge in [-0.25, -0.2) is 23.2 Å². The molecule has 3 heterocycles. The van der Waals surface area contributed by atoms with Gasteiger partial charge in [0.1, 0.15) is 11.5 Å². The van der Waals surface area contributed by atoms with E-state index in [1.165, 1.54) is 4.90 Å². The summed E-state index contributed by atoms with van der Waals surface area (Å²) in [5, 5.41) is 0. The van der Waals surface area contributed by atoms with Crippen LogP contribution in [-0.4, -0.2) is 95.8 Å². The minimum atomic E-state index is -3.32. The summed E-state index contributed by atoms with van der Waals surface area (Å²) in [5.74, 6) is -0.0833. The highest BCUT2D eigenvalue weighted by Gasteiger charge is 2.50. The number of rotatable bonds is 1. The molecular formula is C16H23N5O4S. The smallest absolute Gasteiger partial charge is 0.319 e. The molecule has 2 atom stereocenters. The lowest BCUT2D eigenvalue weighted by Gasteiger charge is -2.44. The van der Waals surface area contributed by atoms with Crippen LogP contribution in [0.3, 0.4) is 0 Å². The molecule has 0 radical (unpaired) electrons. The molecule has 2 aliphatic heterocycles. The van der Waals surface area contributed by atoms with Gasteiger partial charge in [-0.1, -0.05) is 0 Å². The van der Waals surface area contributed by atoms with E-state index in [0.29, 0.717) is 18.1 Å². The Kier molecular flexibility index (Phi) is 4.63. The molecule has 0 bridgehead atoms. The molecule has 0 unspecified atom stereocenters. The Bertz CT molecular complexity index is 834. The number of hydrogen-bond acceptors (Lipinski definition) is 6. The van der Waals surface area contributed by atoms with E-state index >= 15 is 0 Å². The summed E-state index contributed by atoms with van der Waals surface area (Å²) < 4.78 is 24.5. The molecular weight excluding hydrogens is 358 g/mol. The second kappa shape index (κ2) is 6.49. The predicted molar refractivity (Wildman–Crippen MR) is 94.6 cm³/mol. The van der Waals surface area contributed by atoms with Gasteiger partial charge in [0, 0.05) is 32.9 Å². The highest BCUT2D eigenvalue weighted by molar-refractivity contribution is 7.91. The molecule has 2 saturated heterocycles. The molecule has 0 aliphatic carbocycles. The molecule has 2 fully saturated rings. The van der Waals surface area contributed by atoms with Crippen LogP contribution >= 0.6 is 0 Å². The molecule has 10 heteroatoms. The van der Waals surface area contributed by atoms with Gasteiger partial charge in [-0.2, -0.15) is 0 Å². The molecule has 3 rings (SSSR count). The number of nitrogens with zero attached hydrogens (tertiary/aromatic N) is 5. The topological polar surface area (TPSA) is 104 Å². The van der Waals surface area contributed by atoms with Crippen molar-refractivity contribution < 1.29 is 18.0 Å². The molecule has 1 aromatic rings. The standard InChI is InChI=1S/C16H23N5O4S/c1-10-7-12(18-11(2)17-10)15(22)20-5-6-21(16(23)19(3)4)14-9-26(24,25)8-13(14)20/h7,13-14H,5-6,8-9H2,1-4H3/t13-,14+/m1/s1. The Hall–Kier alpha value is -2.23. The largest absolute Gasteiger partial charge is 0.331 e. The average Bonchev–Trinajstić information content (AvgIpc) is 2.86. The summed E-state index contributed by atoms with van der Waals surface area (Å²) in [5.41, 5.74) is 0.934. The maximum absolute atomic E-state index is 13.0. The third kappa shape index (κ3) is 3.37. The Morgan fingerprint density at radius 3 is 2.23 bits per heavy atom. The Morgan fingerprint density at radius 2 is 1.65 bits per heavy atom. The third-order valence-corrected chi connectivity index (χ3v) is 6.45. The third-order valence-electron chi connectivity index (χ3n) is 4.75. The van der Waals surface area contributed by atoms with E-state index < -0.39 is 21.9 Å². The summed E-state index contributed by atoms with van der Waals surface area (Å²) in [4.78, 5) is 38.3. The first-order valence-corrected chi connectivity index (χ1v) is 10.2. The number of sulfone groups is 1. The summed E-state index contributed by atoms with van der Waals surface area (Å²) >= 11 is 0. The molecule has 9 nitrogen and oxygen atoms in total. The zero-order valence-corrected chi connectivity index (χ0v) is 16.2. The fourth-order valence-corrected chi connectivity index (χ4v) is 5.65. The molecule has 2 aliphatic rings. The minimum Gasteiger partial charge on any atom is -0.331 e. The van der Waals surface area contributed by atoms with Crippen LogP contribution in [0.15, 0.2) is 6.07 Å². The van der Waals surface area contributed by atoms with Crippen molar-refractivity contribution in [1.82, 2.24) is 24.7 Å². The van der Waals surface area contributed by atoms with E-state index in [0.717, 1.165) is 0 Å². The number of aryl methyl sites for hydroxylation is 2. The van der Waals surface area contributed by atoms with Crippen LogP contribution in [0.4, 0.5) is 4.79 Å². The van der Waals surface area contributed by atoms with E-state index in [1.54, 1.807) is 43.8 Å². The van der Waals surface area contributed by atoms with Gasteiger partial charge in [0.05, 0.1) is 23.6 Å². The SMILES string of the molecule is Cc1cc(C(=O)N2CCN(C(=O)N(C)C)[C@H]3CS(=O)(=O)C[C@H]32)nc(C)n1. The molecule has 26 heavy (non-hydrogen) atoms. The van der Waals surface area contributed by atoms with Crippen molar-refractivity contribution in [3.63, 3.8) is 0 Å². The van der Waals surface area contributed by atoms with Gasteiger partial charge in [-0.05, 0) is 19.9 Å². The fourth-order valence-electron chi connectivity index (χ4n) is 3.67.